The Balaban J connectivity index is 1.68. The van der Waals surface area contributed by atoms with E-state index in [9.17, 15) is 9.59 Å². The standard InChI is InChI=1S/C26H23N3O5/c1-32-19-8-3-16(4-9-19)23-14-24(34-15-25(27)30)21-13-18(7-12-22(21)29-23)28-26(31)17-5-10-20(33-2)11-6-17/h3-14H,15H2,1-2H3,(H2,27,30)(H,28,31). The second-order valence-corrected chi connectivity index (χ2v) is 7.40. The molecule has 0 aliphatic heterocycles. The van der Waals surface area contributed by atoms with E-state index in [0.717, 1.165) is 11.3 Å². The molecule has 0 aliphatic rings. The van der Waals surface area contributed by atoms with Crippen LogP contribution >= 0.6 is 0 Å². The first kappa shape index (κ1) is 22.6. The Morgan fingerprint density at radius 2 is 1.53 bits per heavy atom. The summed E-state index contributed by atoms with van der Waals surface area (Å²) >= 11 is 0. The van der Waals surface area contributed by atoms with Gasteiger partial charge in [0.05, 0.1) is 25.4 Å². The lowest BCUT2D eigenvalue weighted by Gasteiger charge is -2.13. The molecule has 172 valence electrons. The van der Waals surface area contributed by atoms with Gasteiger partial charge >= 0.3 is 0 Å². The van der Waals surface area contributed by atoms with Crippen LogP contribution in [0.25, 0.3) is 22.2 Å². The number of benzene rings is 3. The van der Waals surface area contributed by atoms with Crippen LogP contribution in [0.15, 0.2) is 72.8 Å². The van der Waals surface area contributed by atoms with E-state index in [0.29, 0.717) is 39.3 Å². The van der Waals surface area contributed by atoms with E-state index in [4.69, 9.17) is 24.9 Å². The van der Waals surface area contributed by atoms with Crippen molar-refractivity contribution >= 4 is 28.4 Å². The Morgan fingerprint density at radius 3 is 2.15 bits per heavy atom. The van der Waals surface area contributed by atoms with Gasteiger partial charge in [-0.3, -0.25) is 9.59 Å². The number of nitrogens with two attached hydrogens (primary N) is 1. The van der Waals surface area contributed by atoms with E-state index in [1.165, 1.54) is 0 Å². The molecule has 8 heteroatoms. The first-order valence-corrected chi connectivity index (χ1v) is 10.4. The van der Waals surface area contributed by atoms with Gasteiger partial charge in [0.2, 0.25) is 0 Å². The van der Waals surface area contributed by atoms with E-state index in [2.05, 4.69) is 5.32 Å². The van der Waals surface area contributed by atoms with Crippen LogP contribution in [0.1, 0.15) is 10.4 Å². The lowest BCUT2D eigenvalue weighted by atomic mass is 10.1. The maximum Gasteiger partial charge on any atom is 0.255 e. The molecule has 4 aromatic rings. The smallest absolute Gasteiger partial charge is 0.255 e. The van der Waals surface area contributed by atoms with Crippen molar-refractivity contribution in [2.45, 2.75) is 0 Å². The number of nitrogens with zero attached hydrogens (tertiary/aromatic N) is 1. The summed E-state index contributed by atoms with van der Waals surface area (Å²) in [6, 6.07) is 21.3. The van der Waals surface area contributed by atoms with Gasteiger partial charge in [-0.05, 0) is 66.7 Å². The average molecular weight is 457 g/mol. The maximum atomic E-state index is 12.7. The molecule has 4 rings (SSSR count). The zero-order chi connectivity index (χ0) is 24.1. The molecule has 8 nitrogen and oxygen atoms in total. The zero-order valence-corrected chi connectivity index (χ0v) is 18.7. The van der Waals surface area contributed by atoms with Crippen molar-refractivity contribution in [2.24, 2.45) is 5.73 Å². The lowest BCUT2D eigenvalue weighted by molar-refractivity contribution is -0.119. The van der Waals surface area contributed by atoms with Crippen LogP contribution < -0.4 is 25.3 Å². The number of pyridine rings is 1. The summed E-state index contributed by atoms with van der Waals surface area (Å²) in [7, 11) is 3.17. The Morgan fingerprint density at radius 1 is 0.882 bits per heavy atom. The van der Waals surface area contributed by atoms with Crippen LogP contribution in [-0.4, -0.2) is 37.6 Å². The Kier molecular flexibility index (Phi) is 6.59. The molecular weight excluding hydrogens is 434 g/mol. The van der Waals surface area contributed by atoms with Crippen molar-refractivity contribution in [1.29, 1.82) is 0 Å². The number of amides is 2. The largest absolute Gasteiger partial charge is 0.497 e. The van der Waals surface area contributed by atoms with Crippen molar-refractivity contribution < 1.29 is 23.8 Å². The number of methoxy groups -OCH3 is 2. The minimum atomic E-state index is -0.597. The molecule has 3 aromatic carbocycles. The van der Waals surface area contributed by atoms with Gasteiger partial charge in [0, 0.05) is 28.3 Å². The van der Waals surface area contributed by atoms with E-state index in [1.54, 1.807) is 62.8 Å². The van der Waals surface area contributed by atoms with Gasteiger partial charge in [-0.15, -0.1) is 0 Å². The first-order valence-electron chi connectivity index (χ1n) is 10.4. The number of aromatic nitrogens is 1. The fourth-order valence-corrected chi connectivity index (χ4v) is 3.40. The minimum Gasteiger partial charge on any atom is -0.497 e. The number of carbonyl (C=O) groups is 2. The molecule has 34 heavy (non-hydrogen) atoms. The summed E-state index contributed by atoms with van der Waals surface area (Å²) in [5, 5.41) is 3.50. The summed E-state index contributed by atoms with van der Waals surface area (Å²) in [5.41, 5.74) is 8.47. The fraction of sp³-hybridized carbons (Fsp3) is 0.115. The monoisotopic (exact) mass is 457 g/mol. The molecule has 0 spiro atoms. The van der Waals surface area contributed by atoms with E-state index in [1.807, 2.05) is 24.3 Å². The Labute approximate surface area is 196 Å². The first-order chi connectivity index (χ1) is 16.5. The number of primary amides is 1. The summed E-state index contributed by atoms with van der Waals surface area (Å²) in [6.07, 6.45) is 0. The highest BCUT2D eigenvalue weighted by Gasteiger charge is 2.13. The van der Waals surface area contributed by atoms with Crippen LogP contribution in [-0.2, 0) is 4.79 Å². The normalized spacial score (nSPS) is 10.5. The second-order valence-electron chi connectivity index (χ2n) is 7.40. The third-order valence-corrected chi connectivity index (χ3v) is 5.14. The van der Waals surface area contributed by atoms with E-state index >= 15 is 0 Å². The van der Waals surface area contributed by atoms with Crippen molar-refractivity contribution in [2.75, 3.05) is 26.1 Å². The molecule has 0 saturated heterocycles. The number of rotatable bonds is 8. The highest BCUT2D eigenvalue weighted by molar-refractivity contribution is 6.05. The minimum absolute atomic E-state index is 0.274. The van der Waals surface area contributed by atoms with Crippen LogP contribution in [0.5, 0.6) is 17.2 Å². The summed E-state index contributed by atoms with van der Waals surface area (Å²) in [5.74, 6) is 0.948. The molecule has 0 saturated carbocycles. The number of nitrogens with one attached hydrogen (secondary N) is 1. The van der Waals surface area contributed by atoms with Crippen molar-refractivity contribution in [3.8, 4) is 28.5 Å². The predicted molar refractivity (Wildman–Crippen MR) is 129 cm³/mol. The molecular formula is C26H23N3O5. The average Bonchev–Trinajstić information content (AvgIpc) is 2.87. The van der Waals surface area contributed by atoms with Gasteiger partial charge in [-0.1, -0.05) is 0 Å². The van der Waals surface area contributed by atoms with Crippen LogP contribution in [0.4, 0.5) is 5.69 Å². The molecule has 0 radical (unpaired) electrons. The number of ether oxygens (including phenoxy) is 3. The quantitative estimate of drug-likeness (QED) is 0.413. The molecule has 0 unspecified atom stereocenters. The van der Waals surface area contributed by atoms with E-state index in [-0.39, 0.29) is 12.5 Å². The van der Waals surface area contributed by atoms with Crippen molar-refractivity contribution in [1.82, 2.24) is 4.98 Å². The van der Waals surface area contributed by atoms with Crippen LogP contribution in [0.3, 0.4) is 0 Å². The summed E-state index contributed by atoms with van der Waals surface area (Å²) < 4.78 is 16.0. The molecule has 0 fully saturated rings. The van der Waals surface area contributed by atoms with Gasteiger partial charge in [-0.2, -0.15) is 0 Å². The fourth-order valence-electron chi connectivity index (χ4n) is 3.40. The number of carbonyl (C=O) groups excluding carboxylic acids is 2. The van der Waals surface area contributed by atoms with Crippen molar-refractivity contribution in [3.63, 3.8) is 0 Å². The number of hydrogen-bond donors (Lipinski definition) is 2. The van der Waals surface area contributed by atoms with Crippen LogP contribution in [0, 0.1) is 0 Å². The predicted octanol–water partition coefficient (Wildman–Crippen LogP) is 4.04. The summed E-state index contributed by atoms with van der Waals surface area (Å²) in [6.45, 7) is -0.288. The topological polar surface area (TPSA) is 113 Å². The molecule has 0 bridgehead atoms. The summed E-state index contributed by atoms with van der Waals surface area (Å²) in [4.78, 5) is 28.7. The molecule has 1 heterocycles. The van der Waals surface area contributed by atoms with Gasteiger partial charge in [0.1, 0.15) is 17.2 Å². The van der Waals surface area contributed by atoms with Gasteiger partial charge in [-0.25, -0.2) is 4.98 Å². The van der Waals surface area contributed by atoms with Crippen molar-refractivity contribution in [3.05, 3.63) is 78.4 Å². The molecule has 2 amide bonds. The van der Waals surface area contributed by atoms with Gasteiger partial charge in [0.15, 0.2) is 6.61 Å². The molecule has 1 aromatic heterocycles. The third kappa shape index (κ3) is 5.07. The van der Waals surface area contributed by atoms with Crippen LogP contribution in [0.2, 0.25) is 0 Å². The number of anilines is 1. The Bertz CT molecular complexity index is 1340. The second kappa shape index (κ2) is 9.91. The third-order valence-electron chi connectivity index (χ3n) is 5.14. The maximum absolute atomic E-state index is 12.7. The van der Waals surface area contributed by atoms with E-state index < -0.39 is 5.91 Å². The Hall–Kier alpha value is -4.59. The van der Waals surface area contributed by atoms with Gasteiger partial charge in [0.25, 0.3) is 11.8 Å². The SMILES string of the molecule is COc1ccc(C(=O)Nc2ccc3nc(-c4ccc(OC)cc4)cc(OCC(N)=O)c3c2)cc1. The molecule has 0 atom stereocenters. The molecule has 3 N–H and O–H groups in total. The lowest BCUT2D eigenvalue weighted by Crippen LogP contribution is -2.20. The zero-order valence-electron chi connectivity index (χ0n) is 18.7. The highest BCUT2D eigenvalue weighted by Crippen LogP contribution is 2.32. The highest BCUT2D eigenvalue weighted by atomic mass is 16.5. The number of fused-ring (bicyclic) bond motifs is 1. The molecule has 0 aliphatic carbocycles. The number of hydrogen-bond acceptors (Lipinski definition) is 6. The van der Waals surface area contributed by atoms with Gasteiger partial charge < -0.3 is 25.3 Å².